The Morgan fingerprint density at radius 1 is 1.00 bits per heavy atom. The second-order valence-corrected chi connectivity index (χ2v) is 8.12. The molecule has 0 aromatic heterocycles. The standard InChI is InChI=1S/C19H26Cl3NOS/c1-4-7-8-9-10-14(11-19(24)23(5-2)6-3)25-18-13-16(21)15(20)12-17(18)22/h11-13H,4-10H2,1-3H3/b14-11+. The van der Waals surface area contributed by atoms with Gasteiger partial charge in [-0.1, -0.05) is 72.8 Å². The minimum absolute atomic E-state index is 0.0409. The van der Waals surface area contributed by atoms with E-state index in [-0.39, 0.29) is 5.91 Å². The number of hydrogen-bond donors (Lipinski definition) is 0. The monoisotopic (exact) mass is 421 g/mol. The van der Waals surface area contributed by atoms with Crippen molar-refractivity contribution < 1.29 is 4.79 Å². The zero-order chi connectivity index (χ0) is 18.8. The highest BCUT2D eigenvalue weighted by Crippen LogP contribution is 2.39. The maximum absolute atomic E-state index is 12.5. The third-order valence-corrected chi connectivity index (χ3v) is 6.14. The highest BCUT2D eigenvalue weighted by atomic mass is 35.5. The first-order chi connectivity index (χ1) is 11.9. The van der Waals surface area contributed by atoms with Gasteiger partial charge in [-0.2, -0.15) is 0 Å². The van der Waals surface area contributed by atoms with Crippen LogP contribution in [0.25, 0.3) is 0 Å². The predicted molar refractivity (Wildman–Crippen MR) is 112 cm³/mol. The van der Waals surface area contributed by atoms with E-state index < -0.39 is 0 Å². The third-order valence-electron chi connectivity index (χ3n) is 3.85. The van der Waals surface area contributed by atoms with Crippen LogP contribution in [0.2, 0.25) is 15.1 Å². The fraction of sp³-hybridized carbons (Fsp3) is 0.526. The predicted octanol–water partition coefficient (Wildman–Crippen LogP) is 7.46. The first-order valence-electron chi connectivity index (χ1n) is 8.74. The molecule has 0 saturated carbocycles. The van der Waals surface area contributed by atoms with Crippen LogP contribution in [-0.4, -0.2) is 23.9 Å². The van der Waals surface area contributed by atoms with Crippen LogP contribution in [0.1, 0.15) is 52.9 Å². The van der Waals surface area contributed by atoms with Crippen LogP contribution >= 0.6 is 46.6 Å². The Kier molecular flexibility index (Phi) is 11.0. The Morgan fingerprint density at radius 3 is 2.24 bits per heavy atom. The molecule has 0 aliphatic rings. The molecule has 0 aliphatic heterocycles. The Balaban J connectivity index is 2.97. The molecule has 0 unspecified atom stereocenters. The van der Waals surface area contributed by atoms with Crippen molar-refractivity contribution in [2.24, 2.45) is 0 Å². The molecule has 0 saturated heterocycles. The van der Waals surface area contributed by atoms with Crippen molar-refractivity contribution in [2.45, 2.75) is 57.8 Å². The Hall–Kier alpha value is -0.350. The van der Waals surface area contributed by atoms with Gasteiger partial charge < -0.3 is 4.90 Å². The van der Waals surface area contributed by atoms with E-state index in [2.05, 4.69) is 6.92 Å². The van der Waals surface area contributed by atoms with E-state index in [9.17, 15) is 4.79 Å². The van der Waals surface area contributed by atoms with E-state index in [1.807, 2.05) is 18.7 Å². The molecule has 0 radical (unpaired) electrons. The number of allylic oxidation sites excluding steroid dienone is 1. The van der Waals surface area contributed by atoms with Gasteiger partial charge in [0, 0.05) is 24.1 Å². The average Bonchev–Trinajstić information content (AvgIpc) is 2.57. The summed E-state index contributed by atoms with van der Waals surface area (Å²) in [6.07, 6.45) is 7.19. The fourth-order valence-electron chi connectivity index (χ4n) is 2.37. The summed E-state index contributed by atoms with van der Waals surface area (Å²) < 4.78 is 0. The lowest BCUT2D eigenvalue weighted by Crippen LogP contribution is -2.28. The summed E-state index contributed by atoms with van der Waals surface area (Å²) in [5.41, 5.74) is 0. The van der Waals surface area contributed by atoms with Crippen molar-refractivity contribution in [1.82, 2.24) is 4.90 Å². The quantitative estimate of drug-likeness (QED) is 0.169. The zero-order valence-corrected chi connectivity index (χ0v) is 18.2. The lowest BCUT2D eigenvalue weighted by molar-refractivity contribution is -0.125. The van der Waals surface area contributed by atoms with Crippen molar-refractivity contribution in [2.75, 3.05) is 13.1 Å². The smallest absolute Gasteiger partial charge is 0.247 e. The van der Waals surface area contributed by atoms with Crippen LogP contribution in [0.4, 0.5) is 0 Å². The van der Waals surface area contributed by atoms with Crippen LogP contribution in [0, 0.1) is 0 Å². The first-order valence-corrected chi connectivity index (χ1v) is 10.7. The van der Waals surface area contributed by atoms with E-state index in [4.69, 9.17) is 34.8 Å². The van der Waals surface area contributed by atoms with Crippen molar-refractivity contribution in [3.63, 3.8) is 0 Å². The summed E-state index contributed by atoms with van der Waals surface area (Å²) in [5, 5.41) is 1.45. The van der Waals surface area contributed by atoms with Crippen molar-refractivity contribution in [3.05, 3.63) is 38.2 Å². The van der Waals surface area contributed by atoms with Gasteiger partial charge in [-0.05, 0) is 43.7 Å². The van der Waals surface area contributed by atoms with Gasteiger partial charge >= 0.3 is 0 Å². The number of carbonyl (C=O) groups is 1. The van der Waals surface area contributed by atoms with Crippen molar-refractivity contribution in [3.8, 4) is 0 Å². The summed E-state index contributed by atoms with van der Waals surface area (Å²) in [7, 11) is 0. The number of rotatable bonds is 10. The van der Waals surface area contributed by atoms with Crippen LogP contribution in [0.3, 0.4) is 0 Å². The maximum atomic E-state index is 12.5. The lowest BCUT2D eigenvalue weighted by atomic mass is 10.1. The van der Waals surface area contributed by atoms with Crippen molar-refractivity contribution >= 4 is 52.5 Å². The first kappa shape index (κ1) is 22.7. The third kappa shape index (κ3) is 7.82. The molecular weight excluding hydrogens is 397 g/mol. The van der Waals surface area contributed by atoms with Crippen LogP contribution < -0.4 is 0 Å². The van der Waals surface area contributed by atoms with Crippen LogP contribution in [-0.2, 0) is 4.79 Å². The highest BCUT2D eigenvalue weighted by molar-refractivity contribution is 8.03. The molecule has 6 heteroatoms. The van der Waals surface area contributed by atoms with Gasteiger partial charge in [0.15, 0.2) is 0 Å². The van der Waals surface area contributed by atoms with Gasteiger partial charge in [0.2, 0.25) is 5.91 Å². The Bertz CT molecular complexity index is 601. The topological polar surface area (TPSA) is 20.3 Å². The zero-order valence-electron chi connectivity index (χ0n) is 15.1. The number of halogens is 3. The molecule has 0 N–H and O–H groups in total. The maximum Gasteiger partial charge on any atom is 0.247 e. The molecule has 0 spiro atoms. The summed E-state index contributed by atoms with van der Waals surface area (Å²) in [5.74, 6) is 0.0409. The molecule has 1 aromatic rings. The van der Waals surface area contributed by atoms with Crippen LogP contribution in [0.5, 0.6) is 0 Å². The second-order valence-electron chi connectivity index (χ2n) is 5.73. The van der Waals surface area contributed by atoms with Gasteiger partial charge in [-0.15, -0.1) is 0 Å². The van der Waals surface area contributed by atoms with Gasteiger partial charge in [-0.25, -0.2) is 0 Å². The van der Waals surface area contributed by atoms with E-state index in [1.165, 1.54) is 24.6 Å². The number of thioether (sulfide) groups is 1. The van der Waals surface area contributed by atoms with Gasteiger partial charge in [0.1, 0.15) is 0 Å². The Labute approximate surface area is 170 Å². The largest absolute Gasteiger partial charge is 0.340 e. The minimum atomic E-state index is 0.0409. The Morgan fingerprint density at radius 2 is 1.64 bits per heavy atom. The minimum Gasteiger partial charge on any atom is -0.340 e. The number of amides is 1. The second kappa shape index (κ2) is 12.1. The van der Waals surface area contributed by atoms with E-state index in [0.717, 1.165) is 29.1 Å². The normalized spacial score (nSPS) is 11.7. The highest BCUT2D eigenvalue weighted by Gasteiger charge is 2.13. The molecule has 1 amide bonds. The number of benzene rings is 1. The number of nitrogens with zero attached hydrogens (tertiary/aromatic N) is 1. The number of hydrogen-bond acceptors (Lipinski definition) is 2. The van der Waals surface area contributed by atoms with Crippen LogP contribution in [0.15, 0.2) is 28.0 Å². The molecule has 0 aliphatic carbocycles. The van der Waals surface area contributed by atoms with E-state index in [1.54, 1.807) is 18.2 Å². The number of carbonyl (C=O) groups excluding carboxylic acids is 1. The van der Waals surface area contributed by atoms with E-state index >= 15 is 0 Å². The molecule has 0 heterocycles. The average molecular weight is 423 g/mol. The van der Waals surface area contributed by atoms with Gasteiger partial charge in [0.05, 0.1) is 15.1 Å². The van der Waals surface area contributed by atoms with E-state index in [0.29, 0.717) is 28.2 Å². The molecule has 1 aromatic carbocycles. The van der Waals surface area contributed by atoms with Gasteiger partial charge in [-0.3, -0.25) is 4.79 Å². The summed E-state index contributed by atoms with van der Waals surface area (Å²) >= 11 is 19.9. The molecule has 0 fully saturated rings. The van der Waals surface area contributed by atoms with Gasteiger partial charge in [0.25, 0.3) is 0 Å². The molecule has 1 rings (SSSR count). The molecule has 0 atom stereocenters. The molecule has 140 valence electrons. The lowest BCUT2D eigenvalue weighted by Gasteiger charge is -2.17. The van der Waals surface area contributed by atoms with Crippen molar-refractivity contribution in [1.29, 1.82) is 0 Å². The number of likely N-dealkylation sites (N-methyl/N-ethyl adjacent to an activating group) is 1. The summed E-state index contributed by atoms with van der Waals surface area (Å²) in [6, 6.07) is 3.41. The summed E-state index contributed by atoms with van der Waals surface area (Å²) in [4.78, 5) is 16.1. The molecular formula is C19H26Cl3NOS. The molecule has 25 heavy (non-hydrogen) atoms. The number of unbranched alkanes of at least 4 members (excludes halogenated alkanes) is 3. The molecule has 0 bridgehead atoms. The summed E-state index contributed by atoms with van der Waals surface area (Å²) in [6.45, 7) is 7.56. The fourth-order valence-corrected chi connectivity index (χ4v) is 4.12. The molecule has 2 nitrogen and oxygen atoms in total. The SMILES string of the molecule is CCCCCC/C(=C\C(=O)N(CC)CC)Sc1cc(Cl)c(Cl)cc1Cl.